The van der Waals surface area contributed by atoms with Crippen LogP contribution >= 0.6 is 0 Å². The van der Waals surface area contributed by atoms with Gasteiger partial charge in [0.1, 0.15) is 11.6 Å². The number of aromatic nitrogens is 2. The fourth-order valence-corrected chi connectivity index (χ4v) is 9.11. The highest BCUT2D eigenvalue weighted by Crippen LogP contribution is 2.41. The first-order valence-corrected chi connectivity index (χ1v) is 24.2. The van der Waals surface area contributed by atoms with Crippen LogP contribution in [0, 0.1) is 6.92 Å². The highest BCUT2D eigenvalue weighted by Gasteiger charge is 2.41. The smallest absolute Gasteiger partial charge is 0.248 e. The normalized spacial score (nSPS) is 16.8. The van der Waals surface area contributed by atoms with Crippen LogP contribution in [0.5, 0.6) is 5.75 Å². The quantitative estimate of drug-likeness (QED) is 0.0794. The maximum atomic E-state index is 13.0. The number of phenolic OH excluding ortho intramolecular Hbond substituents is 1. The van der Waals surface area contributed by atoms with Crippen LogP contribution in [-0.2, 0) is 31.7 Å². The number of likely N-dealkylation sites (N-methyl/N-ethyl adjacent to an activating group) is 1. The molecule has 2 aromatic carbocycles. The molecule has 2 aliphatic heterocycles. The lowest BCUT2D eigenvalue weighted by Crippen LogP contribution is -2.57. The molecule has 4 heterocycles. The number of pyridine rings is 2. The topological polar surface area (TPSA) is 132 Å². The average Bonchev–Trinajstić information content (AvgIpc) is 3.20. The largest absolute Gasteiger partial charge is 0.506 e. The van der Waals surface area contributed by atoms with E-state index in [0.717, 1.165) is 75.4 Å². The molecule has 59 heavy (non-hydrogen) atoms. The summed E-state index contributed by atoms with van der Waals surface area (Å²) in [6, 6.07) is 19.7. The van der Waals surface area contributed by atoms with Gasteiger partial charge in [-0.25, -0.2) is 4.98 Å². The van der Waals surface area contributed by atoms with Crippen molar-refractivity contribution < 1.29 is 23.8 Å². The average molecular weight is 827 g/mol. The van der Waals surface area contributed by atoms with Crippen molar-refractivity contribution in [2.24, 2.45) is 0 Å². The molecule has 0 bridgehead atoms. The van der Waals surface area contributed by atoms with Crippen molar-refractivity contribution in [2.75, 3.05) is 77.6 Å². The number of aromatic hydroxyl groups is 1. The number of aryl methyl sites for hydroxylation is 1. The van der Waals surface area contributed by atoms with Crippen molar-refractivity contribution >= 4 is 30.9 Å². The van der Waals surface area contributed by atoms with Crippen molar-refractivity contribution in [2.45, 2.75) is 89.8 Å². The Bertz CT molecular complexity index is 2080. The Balaban J connectivity index is 0.902. The molecular formula is C46H66N6O6Si. The summed E-state index contributed by atoms with van der Waals surface area (Å²) in [5, 5.41) is 14.7. The summed E-state index contributed by atoms with van der Waals surface area (Å²) < 4.78 is 19.3. The number of carbonyl (C=O) groups is 1. The number of nitrogens with zero attached hydrogens (tertiary/aromatic N) is 4. The van der Waals surface area contributed by atoms with Gasteiger partial charge in [-0.1, -0.05) is 51.1 Å². The molecule has 3 N–H and O–H groups in total. The maximum absolute atomic E-state index is 13.0. The summed E-state index contributed by atoms with van der Waals surface area (Å²) >= 11 is 0. The number of phenols is 1. The molecule has 0 radical (unpaired) electrons. The van der Waals surface area contributed by atoms with Gasteiger partial charge in [0.25, 0.3) is 0 Å². The number of hydrogen-bond donors (Lipinski definition) is 3. The Hall–Kier alpha value is -4.11. The van der Waals surface area contributed by atoms with Crippen molar-refractivity contribution in [1.82, 2.24) is 25.1 Å². The summed E-state index contributed by atoms with van der Waals surface area (Å²) in [6.45, 7) is 21.2. The number of ether oxygens (including phenoxy) is 2. The van der Waals surface area contributed by atoms with Crippen molar-refractivity contribution in [3.05, 3.63) is 99.5 Å². The number of fused-ring (bicyclic) bond motifs is 1. The van der Waals surface area contributed by atoms with Crippen LogP contribution in [0.2, 0.25) is 18.1 Å². The Kier molecular flexibility index (Phi) is 14.7. The summed E-state index contributed by atoms with van der Waals surface area (Å²) in [7, 11) is -0.374. The molecule has 0 saturated carbocycles. The summed E-state index contributed by atoms with van der Waals surface area (Å²) in [6.07, 6.45) is 4.74. The second-order valence-electron chi connectivity index (χ2n) is 18.0. The molecule has 4 aromatic rings. The van der Waals surface area contributed by atoms with E-state index in [4.69, 9.17) is 13.9 Å². The molecule has 6 rings (SSSR count). The van der Waals surface area contributed by atoms with Gasteiger partial charge in [-0.05, 0) is 90.8 Å². The number of likely N-dealkylation sites (tertiary alicyclic amines) is 1. The third kappa shape index (κ3) is 11.8. The highest BCUT2D eigenvalue weighted by atomic mass is 28.4. The van der Waals surface area contributed by atoms with E-state index in [9.17, 15) is 14.7 Å². The lowest BCUT2D eigenvalue weighted by atomic mass is 9.89. The Morgan fingerprint density at radius 2 is 1.85 bits per heavy atom. The third-order valence-electron chi connectivity index (χ3n) is 12.5. The molecule has 13 heteroatoms. The number of anilines is 1. The first kappa shape index (κ1) is 44.4. The minimum atomic E-state index is -2.20. The van der Waals surface area contributed by atoms with E-state index >= 15 is 0 Å². The molecule has 0 unspecified atom stereocenters. The van der Waals surface area contributed by atoms with E-state index in [0.29, 0.717) is 44.8 Å². The van der Waals surface area contributed by atoms with Crippen molar-refractivity contribution in [3.8, 4) is 5.75 Å². The summed E-state index contributed by atoms with van der Waals surface area (Å²) in [5.41, 5.74) is 4.71. The van der Waals surface area contributed by atoms with Crippen LogP contribution in [0.4, 0.5) is 5.82 Å². The molecular weight excluding hydrogens is 761 g/mol. The number of rotatable bonds is 17. The van der Waals surface area contributed by atoms with Gasteiger partial charge >= 0.3 is 0 Å². The fourth-order valence-electron chi connectivity index (χ4n) is 7.83. The number of piperidine rings is 1. The lowest BCUT2D eigenvalue weighted by Gasteiger charge is -2.47. The molecule has 320 valence electrons. The molecule has 2 aromatic heterocycles. The van der Waals surface area contributed by atoms with E-state index in [1.54, 1.807) is 17.0 Å². The van der Waals surface area contributed by atoms with Gasteiger partial charge in [0, 0.05) is 77.1 Å². The predicted octanol–water partition coefficient (Wildman–Crippen LogP) is 6.57. The van der Waals surface area contributed by atoms with Crippen molar-refractivity contribution in [1.29, 1.82) is 0 Å². The Morgan fingerprint density at radius 3 is 2.61 bits per heavy atom. The second-order valence-corrected chi connectivity index (χ2v) is 22.8. The zero-order valence-electron chi connectivity index (χ0n) is 36.3. The van der Waals surface area contributed by atoms with E-state index < -0.39 is 8.32 Å². The standard InChI is InChI=1S/C46H66N6O6Si/c1-34-15-20-48-41(29-34)52-25-28-57-46(33-52)18-22-51(23-19-46)32-36-10-8-9-35(30-36)16-26-56-27-17-43(55)50(5)24-21-47-31-40(58-59(6,7)45(2,3)4)37-11-13-39(53)44-38(37)12-14-42(54)49-44/h8-15,20,29-30,40,47,53H,16-19,21-28,31-33H2,1-7H3,(H,49,54)/t40-/m0/s1. The van der Waals surface area contributed by atoms with Gasteiger partial charge in [-0.2, -0.15) is 0 Å². The van der Waals surface area contributed by atoms with Crippen LogP contribution in [0.3, 0.4) is 0 Å². The molecule has 1 atom stereocenters. The van der Waals surface area contributed by atoms with E-state index in [2.05, 4.69) is 96.2 Å². The molecule has 2 aliphatic rings. The van der Waals surface area contributed by atoms with Gasteiger partial charge < -0.3 is 39.1 Å². The monoisotopic (exact) mass is 826 g/mol. The number of amides is 1. The SMILES string of the molecule is Cc1ccnc(N2CCOC3(CCN(Cc4cccc(CCOCCC(=O)N(C)CCNC[C@H](O[Si](C)(C)C(C)(C)C)c5ccc(O)c6[nH]c(=O)ccc56)c4)CC3)C2)c1. The summed E-state index contributed by atoms with van der Waals surface area (Å²) in [5.74, 6) is 1.12. The van der Waals surface area contributed by atoms with Gasteiger partial charge in [0.05, 0.1) is 43.5 Å². The molecule has 1 spiro atoms. The Labute approximate surface area is 351 Å². The second kappa shape index (κ2) is 19.5. The first-order valence-electron chi connectivity index (χ1n) is 21.3. The van der Waals surface area contributed by atoms with Gasteiger partial charge in [-0.15, -0.1) is 0 Å². The van der Waals surface area contributed by atoms with E-state index in [1.807, 2.05) is 25.4 Å². The molecule has 0 aliphatic carbocycles. The van der Waals surface area contributed by atoms with Gasteiger partial charge in [-0.3, -0.25) is 14.5 Å². The molecule has 2 saturated heterocycles. The van der Waals surface area contributed by atoms with Crippen molar-refractivity contribution in [3.63, 3.8) is 0 Å². The Morgan fingerprint density at radius 1 is 1.07 bits per heavy atom. The van der Waals surface area contributed by atoms with Crippen LogP contribution in [0.1, 0.15) is 68.4 Å². The van der Waals surface area contributed by atoms with Gasteiger partial charge in [0.2, 0.25) is 11.5 Å². The number of morpholine rings is 1. The van der Waals surface area contributed by atoms with Crippen LogP contribution in [0.15, 0.2) is 71.7 Å². The third-order valence-corrected chi connectivity index (χ3v) is 17.0. The van der Waals surface area contributed by atoms with E-state index in [-0.39, 0.29) is 34.0 Å². The minimum absolute atomic E-state index is 0.0153. The zero-order valence-corrected chi connectivity index (χ0v) is 37.3. The fraction of sp³-hybridized carbons (Fsp3) is 0.543. The maximum Gasteiger partial charge on any atom is 0.248 e. The number of nitrogens with one attached hydrogen (secondary N) is 2. The predicted molar refractivity (Wildman–Crippen MR) is 238 cm³/mol. The number of benzene rings is 2. The number of H-pyrrole nitrogens is 1. The van der Waals surface area contributed by atoms with E-state index in [1.165, 1.54) is 22.8 Å². The highest BCUT2D eigenvalue weighted by molar-refractivity contribution is 6.74. The summed E-state index contributed by atoms with van der Waals surface area (Å²) in [4.78, 5) is 39.1. The first-order chi connectivity index (χ1) is 28.1. The minimum Gasteiger partial charge on any atom is -0.506 e. The van der Waals surface area contributed by atoms with Crippen LogP contribution in [-0.4, -0.2) is 117 Å². The molecule has 2 fully saturated rings. The number of hydrogen-bond acceptors (Lipinski definition) is 10. The zero-order chi connectivity index (χ0) is 42.2. The van der Waals surface area contributed by atoms with Crippen LogP contribution < -0.4 is 15.8 Å². The molecule has 12 nitrogen and oxygen atoms in total. The number of carbonyl (C=O) groups excluding carboxylic acids is 1. The van der Waals surface area contributed by atoms with Gasteiger partial charge in [0.15, 0.2) is 8.32 Å². The lowest BCUT2D eigenvalue weighted by molar-refractivity contribution is -0.131. The molecule has 1 amide bonds. The number of aromatic amines is 1. The van der Waals surface area contributed by atoms with Crippen LogP contribution in [0.25, 0.3) is 10.9 Å².